The van der Waals surface area contributed by atoms with Gasteiger partial charge >= 0.3 is 7.60 Å². The van der Waals surface area contributed by atoms with Crippen LogP contribution >= 0.6 is 19.2 Å². The second-order valence-electron chi connectivity index (χ2n) is 4.99. The van der Waals surface area contributed by atoms with E-state index in [1.165, 1.54) is 10.9 Å². The van der Waals surface area contributed by atoms with Crippen molar-refractivity contribution < 1.29 is 19.1 Å². The van der Waals surface area contributed by atoms with E-state index in [2.05, 4.69) is 15.0 Å². The molecule has 0 unspecified atom stereocenters. The molecular weight excluding hydrogens is 337 g/mol. The summed E-state index contributed by atoms with van der Waals surface area (Å²) in [6.45, 7) is 0.150. The van der Waals surface area contributed by atoms with Gasteiger partial charge in [0.1, 0.15) is 0 Å². The number of hydrogen-bond donors (Lipinski definition) is 4. The van der Waals surface area contributed by atoms with Crippen LogP contribution in [0.1, 0.15) is 6.42 Å². The fraction of sp³-hybridized carbons (Fsp3) is 0.500. The summed E-state index contributed by atoms with van der Waals surface area (Å²) in [5.41, 5.74) is 5.40. The molecule has 12 heteroatoms. The van der Waals surface area contributed by atoms with Crippen molar-refractivity contribution >= 4 is 36.3 Å². The number of nitrogens with one attached hydrogen (secondary N) is 1. The molecule has 0 aromatic carbocycles. The van der Waals surface area contributed by atoms with Crippen LogP contribution in [0.15, 0.2) is 11.1 Å². The normalized spacial score (nSPS) is 25.9. The van der Waals surface area contributed by atoms with E-state index in [0.29, 0.717) is 0 Å². The van der Waals surface area contributed by atoms with Crippen molar-refractivity contribution in [3.63, 3.8) is 0 Å². The zero-order chi connectivity index (χ0) is 16.1. The highest BCUT2D eigenvalue weighted by Gasteiger charge is 2.43. The van der Waals surface area contributed by atoms with Gasteiger partial charge in [0.25, 0.3) is 5.56 Å². The summed E-state index contributed by atoms with van der Waals surface area (Å²) in [6.07, 6.45) is 0.780. The molecule has 0 saturated carbocycles. The highest BCUT2D eigenvalue weighted by atomic mass is 35.5. The third-order valence-corrected chi connectivity index (χ3v) is 4.95. The van der Waals surface area contributed by atoms with E-state index in [0.717, 1.165) is 0 Å². The first-order valence-electron chi connectivity index (χ1n) is 6.31. The van der Waals surface area contributed by atoms with Crippen LogP contribution in [-0.4, -0.2) is 46.6 Å². The van der Waals surface area contributed by atoms with E-state index < -0.39 is 30.5 Å². The van der Waals surface area contributed by atoms with Crippen molar-refractivity contribution in [2.75, 3.05) is 5.73 Å². The molecule has 0 radical (unpaired) electrons. The predicted octanol–water partition coefficient (Wildman–Crippen LogP) is -0.398. The van der Waals surface area contributed by atoms with Crippen LogP contribution in [-0.2, 0) is 15.8 Å². The molecule has 0 bridgehead atoms. The van der Waals surface area contributed by atoms with Crippen molar-refractivity contribution in [2.24, 2.45) is 0 Å². The Kier molecular flexibility index (Phi) is 3.74. The minimum absolute atomic E-state index is 0.0410. The summed E-state index contributed by atoms with van der Waals surface area (Å²) < 4.78 is 18.1. The van der Waals surface area contributed by atoms with Crippen LogP contribution in [0.25, 0.3) is 11.2 Å². The van der Waals surface area contributed by atoms with Crippen LogP contribution in [0.4, 0.5) is 5.95 Å². The topological polar surface area (TPSA) is 156 Å². The monoisotopic (exact) mass is 349 g/mol. The first-order valence-corrected chi connectivity index (χ1v) is 8.43. The Morgan fingerprint density at radius 3 is 2.95 bits per heavy atom. The molecule has 0 amide bonds. The first kappa shape index (κ1) is 15.4. The number of alkyl halides is 1. The molecule has 2 aromatic heterocycles. The van der Waals surface area contributed by atoms with E-state index in [4.69, 9.17) is 31.9 Å². The molecule has 1 saturated heterocycles. The average Bonchev–Trinajstić information content (AvgIpc) is 2.95. The number of rotatable bonds is 3. The van der Waals surface area contributed by atoms with Crippen LogP contribution in [0, 0.1) is 0 Å². The number of imidazole rings is 1. The van der Waals surface area contributed by atoms with Gasteiger partial charge in [-0.05, 0) is 0 Å². The SMILES string of the molecule is Nc1nc2c(ncn2C[C@H]2O[C@H](P(=O)(O)O)C[C@H]2Cl)c(=O)[nH]1. The zero-order valence-electron chi connectivity index (χ0n) is 11.1. The molecular formula is C10H13ClN5O5P. The minimum atomic E-state index is -4.36. The summed E-state index contributed by atoms with van der Waals surface area (Å²) in [7, 11) is -4.36. The number of fused-ring (bicyclic) bond motifs is 1. The van der Waals surface area contributed by atoms with Gasteiger partial charge in [-0.15, -0.1) is 11.6 Å². The van der Waals surface area contributed by atoms with Gasteiger partial charge in [-0.3, -0.25) is 14.3 Å². The molecule has 3 rings (SSSR count). The van der Waals surface area contributed by atoms with Gasteiger partial charge in [0.05, 0.1) is 24.4 Å². The molecule has 120 valence electrons. The number of anilines is 1. The van der Waals surface area contributed by atoms with Gasteiger partial charge in [0, 0.05) is 6.42 Å². The number of ether oxygens (including phenoxy) is 1. The van der Waals surface area contributed by atoms with Gasteiger partial charge in [-0.2, -0.15) is 4.98 Å². The Balaban J connectivity index is 1.88. The Morgan fingerprint density at radius 1 is 1.59 bits per heavy atom. The van der Waals surface area contributed by atoms with Crippen molar-refractivity contribution in [2.45, 2.75) is 30.3 Å². The molecule has 22 heavy (non-hydrogen) atoms. The number of nitrogens with two attached hydrogens (primary N) is 1. The van der Waals surface area contributed by atoms with Crippen molar-refractivity contribution in [1.29, 1.82) is 0 Å². The van der Waals surface area contributed by atoms with E-state index in [1.807, 2.05) is 0 Å². The fourth-order valence-electron chi connectivity index (χ4n) is 2.36. The van der Waals surface area contributed by atoms with E-state index in [9.17, 15) is 9.36 Å². The standard InChI is InChI=1S/C10H13ClN5O5P/c11-4-1-6(22(18,19)20)21-5(4)2-16-3-13-7-8(16)14-10(12)15-9(7)17/h3-6H,1-2H2,(H2,18,19,20)(H3,12,14,15,17)/t4-,5-,6-/m1/s1. The van der Waals surface area contributed by atoms with Crippen LogP contribution in [0.3, 0.4) is 0 Å². The van der Waals surface area contributed by atoms with E-state index in [-0.39, 0.29) is 30.1 Å². The fourth-order valence-corrected chi connectivity index (χ4v) is 3.60. The number of aromatic nitrogens is 4. The molecule has 1 aliphatic rings. The molecule has 0 spiro atoms. The molecule has 3 atom stereocenters. The lowest BCUT2D eigenvalue weighted by molar-refractivity contribution is 0.0630. The summed E-state index contributed by atoms with van der Waals surface area (Å²) in [4.78, 5) is 40.3. The van der Waals surface area contributed by atoms with Crippen molar-refractivity contribution in [3.05, 3.63) is 16.7 Å². The average molecular weight is 350 g/mol. The molecule has 1 aliphatic heterocycles. The van der Waals surface area contributed by atoms with E-state index in [1.54, 1.807) is 0 Å². The lowest BCUT2D eigenvalue weighted by Gasteiger charge is -2.16. The summed E-state index contributed by atoms with van der Waals surface area (Å²) >= 11 is 6.09. The van der Waals surface area contributed by atoms with Gasteiger partial charge in [0.15, 0.2) is 17.0 Å². The molecule has 0 aliphatic carbocycles. The van der Waals surface area contributed by atoms with Crippen LogP contribution in [0.2, 0.25) is 0 Å². The third-order valence-electron chi connectivity index (χ3n) is 3.41. The van der Waals surface area contributed by atoms with Crippen molar-refractivity contribution in [3.8, 4) is 0 Å². The molecule has 2 aromatic rings. The quantitative estimate of drug-likeness (QED) is 0.430. The smallest absolute Gasteiger partial charge is 0.354 e. The maximum atomic E-state index is 11.7. The summed E-state index contributed by atoms with van der Waals surface area (Å²) in [5.74, 6) is -1.28. The number of nitrogen functional groups attached to an aromatic ring is 1. The van der Waals surface area contributed by atoms with Gasteiger partial charge in [0.2, 0.25) is 5.95 Å². The highest BCUT2D eigenvalue weighted by Crippen LogP contribution is 2.49. The second-order valence-corrected chi connectivity index (χ2v) is 7.31. The van der Waals surface area contributed by atoms with E-state index >= 15 is 0 Å². The number of hydrogen-bond acceptors (Lipinski definition) is 6. The highest BCUT2D eigenvalue weighted by molar-refractivity contribution is 7.52. The van der Waals surface area contributed by atoms with Gasteiger partial charge in [-0.25, -0.2) is 4.98 Å². The number of halogens is 1. The third kappa shape index (κ3) is 2.75. The predicted molar refractivity (Wildman–Crippen MR) is 77.5 cm³/mol. The Bertz CT molecular complexity index is 816. The number of nitrogens with zero attached hydrogens (tertiary/aromatic N) is 3. The van der Waals surface area contributed by atoms with Crippen LogP contribution < -0.4 is 11.3 Å². The molecule has 3 heterocycles. The second kappa shape index (κ2) is 5.32. The molecule has 5 N–H and O–H groups in total. The molecule has 10 nitrogen and oxygen atoms in total. The van der Waals surface area contributed by atoms with Crippen molar-refractivity contribution in [1.82, 2.24) is 19.5 Å². The minimum Gasteiger partial charge on any atom is -0.369 e. The maximum absolute atomic E-state index is 11.7. The first-order chi connectivity index (χ1) is 10.3. The Hall–Kier alpha value is -1.45. The Labute approximate surface area is 128 Å². The summed E-state index contributed by atoms with van der Waals surface area (Å²) in [6, 6.07) is 0. The largest absolute Gasteiger partial charge is 0.369 e. The van der Waals surface area contributed by atoms with Crippen LogP contribution in [0.5, 0.6) is 0 Å². The maximum Gasteiger partial charge on any atom is 0.354 e. The molecule has 1 fully saturated rings. The van der Waals surface area contributed by atoms with Gasteiger partial charge < -0.3 is 24.8 Å². The number of aromatic amines is 1. The van der Waals surface area contributed by atoms with Gasteiger partial charge in [-0.1, -0.05) is 0 Å². The Morgan fingerprint density at radius 2 is 2.32 bits per heavy atom. The zero-order valence-corrected chi connectivity index (χ0v) is 12.7. The summed E-state index contributed by atoms with van der Waals surface area (Å²) in [5, 5.41) is -0.575. The lowest BCUT2D eigenvalue weighted by Crippen LogP contribution is -2.23. The lowest BCUT2D eigenvalue weighted by atomic mass is 10.2. The number of H-pyrrole nitrogens is 1.